The zero-order chi connectivity index (χ0) is 19.5. The van der Waals surface area contributed by atoms with Gasteiger partial charge in [0.15, 0.2) is 0 Å². The average Bonchev–Trinajstić information content (AvgIpc) is 2.98. The van der Waals surface area contributed by atoms with Gasteiger partial charge in [0.1, 0.15) is 12.4 Å². The minimum Gasteiger partial charge on any atom is -0.488 e. The van der Waals surface area contributed by atoms with E-state index in [1.807, 2.05) is 72.5 Å². The third kappa shape index (κ3) is 3.44. The molecule has 0 N–H and O–H groups in total. The SMILES string of the molecule is CCN1C(=O)/C(=C\c2ccccc2OCc2cccc(C)c2)c2ccccc21. The molecule has 0 saturated carbocycles. The number of ether oxygens (including phenoxy) is 1. The van der Waals surface area contributed by atoms with Crippen molar-refractivity contribution in [3.63, 3.8) is 0 Å². The Labute approximate surface area is 165 Å². The first-order chi connectivity index (χ1) is 13.7. The van der Waals surface area contributed by atoms with Crippen molar-refractivity contribution in [2.75, 3.05) is 11.4 Å². The van der Waals surface area contributed by atoms with Crippen molar-refractivity contribution in [2.45, 2.75) is 20.5 Å². The van der Waals surface area contributed by atoms with Gasteiger partial charge in [-0.1, -0.05) is 66.2 Å². The van der Waals surface area contributed by atoms with Crippen molar-refractivity contribution in [3.05, 3.63) is 95.1 Å². The molecule has 3 aromatic rings. The number of para-hydroxylation sites is 2. The van der Waals surface area contributed by atoms with Crippen LogP contribution in [0.25, 0.3) is 11.6 Å². The molecule has 1 heterocycles. The van der Waals surface area contributed by atoms with Gasteiger partial charge < -0.3 is 9.64 Å². The number of rotatable bonds is 5. The van der Waals surface area contributed by atoms with E-state index in [0.29, 0.717) is 18.7 Å². The van der Waals surface area contributed by atoms with Crippen LogP contribution in [0.1, 0.15) is 29.2 Å². The summed E-state index contributed by atoms with van der Waals surface area (Å²) in [5.41, 5.74) is 5.91. The lowest BCUT2D eigenvalue weighted by molar-refractivity contribution is -0.112. The molecule has 0 unspecified atom stereocenters. The Morgan fingerprint density at radius 3 is 2.57 bits per heavy atom. The van der Waals surface area contributed by atoms with Crippen LogP contribution in [0, 0.1) is 6.92 Å². The molecule has 0 aromatic heterocycles. The third-order valence-electron chi connectivity index (χ3n) is 4.97. The number of amides is 1. The summed E-state index contributed by atoms with van der Waals surface area (Å²) >= 11 is 0. The first-order valence-electron chi connectivity index (χ1n) is 9.57. The molecular weight excluding hydrogens is 346 g/mol. The van der Waals surface area contributed by atoms with E-state index < -0.39 is 0 Å². The minimum absolute atomic E-state index is 0.0391. The van der Waals surface area contributed by atoms with Crippen LogP contribution in [-0.2, 0) is 11.4 Å². The molecule has 0 atom stereocenters. The Hall–Kier alpha value is -3.33. The second-order valence-electron chi connectivity index (χ2n) is 6.94. The highest BCUT2D eigenvalue weighted by atomic mass is 16.5. The highest BCUT2D eigenvalue weighted by molar-refractivity contribution is 6.35. The number of hydrogen-bond donors (Lipinski definition) is 0. The van der Waals surface area contributed by atoms with Crippen molar-refractivity contribution in [3.8, 4) is 5.75 Å². The van der Waals surface area contributed by atoms with Crippen molar-refractivity contribution in [1.29, 1.82) is 0 Å². The van der Waals surface area contributed by atoms with Gasteiger partial charge >= 0.3 is 0 Å². The summed E-state index contributed by atoms with van der Waals surface area (Å²) in [5.74, 6) is 0.814. The normalized spacial score (nSPS) is 14.4. The van der Waals surface area contributed by atoms with Crippen LogP contribution in [0.3, 0.4) is 0 Å². The quantitative estimate of drug-likeness (QED) is 0.557. The highest BCUT2D eigenvalue weighted by Crippen LogP contribution is 2.38. The van der Waals surface area contributed by atoms with Crippen molar-refractivity contribution >= 4 is 23.2 Å². The van der Waals surface area contributed by atoms with E-state index in [2.05, 4.69) is 25.1 Å². The number of nitrogens with zero attached hydrogens (tertiary/aromatic N) is 1. The number of carbonyl (C=O) groups excluding carboxylic acids is 1. The summed E-state index contributed by atoms with van der Waals surface area (Å²) in [7, 11) is 0. The molecule has 28 heavy (non-hydrogen) atoms. The molecule has 0 saturated heterocycles. The Bertz CT molecular complexity index is 1050. The molecule has 3 heteroatoms. The van der Waals surface area contributed by atoms with Crippen LogP contribution < -0.4 is 9.64 Å². The topological polar surface area (TPSA) is 29.5 Å². The fraction of sp³-hybridized carbons (Fsp3) is 0.160. The highest BCUT2D eigenvalue weighted by Gasteiger charge is 2.30. The molecule has 3 aromatic carbocycles. The predicted molar refractivity (Wildman–Crippen MR) is 114 cm³/mol. The second-order valence-corrected chi connectivity index (χ2v) is 6.94. The Balaban J connectivity index is 1.66. The van der Waals surface area contributed by atoms with Gasteiger partial charge in [0.05, 0.1) is 5.69 Å². The number of aryl methyl sites for hydroxylation is 1. The Kier molecular flexibility index (Phi) is 4.98. The molecule has 3 nitrogen and oxygen atoms in total. The maximum absolute atomic E-state index is 12.9. The molecule has 0 radical (unpaired) electrons. The molecule has 1 amide bonds. The first-order valence-corrected chi connectivity index (χ1v) is 9.57. The lowest BCUT2D eigenvalue weighted by Gasteiger charge is -2.13. The van der Waals surface area contributed by atoms with Gasteiger partial charge in [-0.15, -0.1) is 0 Å². The number of carbonyl (C=O) groups is 1. The number of benzene rings is 3. The van der Waals surface area contributed by atoms with E-state index in [9.17, 15) is 4.79 Å². The Morgan fingerprint density at radius 1 is 0.964 bits per heavy atom. The summed E-state index contributed by atoms with van der Waals surface area (Å²) in [6.45, 7) is 5.22. The molecule has 0 fully saturated rings. The zero-order valence-corrected chi connectivity index (χ0v) is 16.2. The summed E-state index contributed by atoms with van der Waals surface area (Å²) in [6, 6.07) is 24.1. The average molecular weight is 369 g/mol. The van der Waals surface area contributed by atoms with Crippen molar-refractivity contribution < 1.29 is 9.53 Å². The molecule has 0 spiro atoms. The van der Waals surface area contributed by atoms with E-state index in [0.717, 1.165) is 28.1 Å². The van der Waals surface area contributed by atoms with Gasteiger partial charge in [0, 0.05) is 23.2 Å². The number of fused-ring (bicyclic) bond motifs is 1. The lowest BCUT2D eigenvalue weighted by atomic mass is 10.0. The van der Waals surface area contributed by atoms with Crippen molar-refractivity contribution in [2.24, 2.45) is 0 Å². The monoisotopic (exact) mass is 369 g/mol. The number of likely N-dealkylation sites (N-methyl/N-ethyl adjacent to an activating group) is 1. The zero-order valence-electron chi connectivity index (χ0n) is 16.2. The van der Waals surface area contributed by atoms with Gasteiger partial charge in [-0.05, 0) is 37.6 Å². The standard InChI is InChI=1S/C25H23NO2/c1-3-26-23-13-6-5-12-21(23)22(25(26)27)16-20-11-4-7-14-24(20)28-17-19-10-8-9-18(2)15-19/h4-16H,3,17H2,1-2H3/b22-16-. The fourth-order valence-electron chi connectivity index (χ4n) is 3.61. The molecule has 0 bridgehead atoms. The van der Waals surface area contributed by atoms with E-state index in [4.69, 9.17) is 4.74 Å². The molecule has 140 valence electrons. The van der Waals surface area contributed by atoms with Crippen LogP contribution in [0.15, 0.2) is 72.8 Å². The number of hydrogen-bond acceptors (Lipinski definition) is 2. The third-order valence-corrected chi connectivity index (χ3v) is 4.97. The molecule has 4 rings (SSSR count). The van der Waals surface area contributed by atoms with E-state index in [1.165, 1.54) is 5.56 Å². The van der Waals surface area contributed by atoms with Crippen LogP contribution in [0.2, 0.25) is 0 Å². The van der Waals surface area contributed by atoms with E-state index in [-0.39, 0.29) is 5.91 Å². The first kappa shape index (κ1) is 18.1. The Morgan fingerprint density at radius 2 is 1.75 bits per heavy atom. The molecular formula is C25H23NO2. The number of anilines is 1. The van der Waals surface area contributed by atoms with E-state index >= 15 is 0 Å². The van der Waals surface area contributed by atoms with Gasteiger partial charge in [0.2, 0.25) is 0 Å². The van der Waals surface area contributed by atoms with Crippen molar-refractivity contribution in [1.82, 2.24) is 0 Å². The lowest BCUT2D eigenvalue weighted by Crippen LogP contribution is -2.25. The summed E-state index contributed by atoms with van der Waals surface area (Å²) in [6.07, 6.45) is 1.95. The smallest absolute Gasteiger partial charge is 0.258 e. The van der Waals surface area contributed by atoms with Crippen LogP contribution in [-0.4, -0.2) is 12.5 Å². The van der Waals surface area contributed by atoms with Crippen LogP contribution in [0.5, 0.6) is 5.75 Å². The summed E-state index contributed by atoms with van der Waals surface area (Å²) < 4.78 is 6.10. The second kappa shape index (κ2) is 7.73. The van der Waals surface area contributed by atoms with Crippen LogP contribution >= 0.6 is 0 Å². The van der Waals surface area contributed by atoms with Gasteiger partial charge in [-0.3, -0.25) is 4.79 Å². The van der Waals surface area contributed by atoms with Gasteiger partial charge in [0.25, 0.3) is 5.91 Å². The van der Waals surface area contributed by atoms with Gasteiger partial charge in [-0.25, -0.2) is 0 Å². The van der Waals surface area contributed by atoms with E-state index in [1.54, 1.807) is 0 Å². The molecule has 0 aliphatic carbocycles. The summed E-state index contributed by atoms with van der Waals surface area (Å²) in [4.78, 5) is 14.8. The largest absolute Gasteiger partial charge is 0.488 e. The maximum atomic E-state index is 12.9. The van der Waals surface area contributed by atoms with Crippen LogP contribution in [0.4, 0.5) is 5.69 Å². The molecule has 1 aliphatic rings. The van der Waals surface area contributed by atoms with Gasteiger partial charge in [-0.2, -0.15) is 0 Å². The predicted octanol–water partition coefficient (Wildman–Crippen LogP) is 5.48. The maximum Gasteiger partial charge on any atom is 0.258 e. The summed E-state index contributed by atoms with van der Waals surface area (Å²) in [5, 5.41) is 0. The fourth-order valence-corrected chi connectivity index (χ4v) is 3.61. The molecule has 1 aliphatic heterocycles. The minimum atomic E-state index is 0.0391.